The zero-order valence-corrected chi connectivity index (χ0v) is 18.3. The number of anilines is 1. The van der Waals surface area contributed by atoms with Crippen molar-refractivity contribution in [1.29, 1.82) is 0 Å². The zero-order chi connectivity index (χ0) is 20.2. The predicted octanol–water partition coefficient (Wildman–Crippen LogP) is 7.58. The van der Waals surface area contributed by atoms with Gasteiger partial charge in [0, 0.05) is 24.3 Å². The summed E-state index contributed by atoms with van der Waals surface area (Å²) in [5.41, 5.74) is 8.43. The maximum absolute atomic E-state index is 10.5. The number of aliphatic hydroxyl groups is 1. The Morgan fingerprint density at radius 1 is 1.03 bits per heavy atom. The van der Waals surface area contributed by atoms with Crippen LogP contribution in [0.3, 0.4) is 0 Å². The zero-order valence-electron chi connectivity index (χ0n) is 18.3. The van der Waals surface area contributed by atoms with E-state index in [1.807, 2.05) is 0 Å². The van der Waals surface area contributed by atoms with Crippen LogP contribution in [-0.4, -0.2) is 18.2 Å². The van der Waals surface area contributed by atoms with Gasteiger partial charge in [0.1, 0.15) is 5.76 Å². The van der Waals surface area contributed by atoms with E-state index in [2.05, 4.69) is 49.1 Å². The van der Waals surface area contributed by atoms with Crippen molar-refractivity contribution in [3.05, 3.63) is 58.2 Å². The lowest BCUT2D eigenvalue weighted by molar-refractivity contribution is 0.486. The Hall–Kier alpha value is -1.96. The highest BCUT2D eigenvalue weighted by Gasteiger charge is 2.29. The molecule has 1 aromatic rings. The average Bonchev–Trinajstić information content (AvgIpc) is 3.52. The smallest absolute Gasteiger partial charge is 0.121 e. The van der Waals surface area contributed by atoms with Gasteiger partial charge in [-0.15, -0.1) is 0 Å². The molecule has 0 heterocycles. The first kappa shape index (κ1) is 20.3. The van der Waals surface area contributed by atoms with Gasteiger partial charge in [-0.2, -0.15) is 0 Å². The van der Waals surface area contributed by atoms with Crippen molar-refractivity contribution in [2.75, 3.05) is 18.0 Å². The van der Waals surface area contributed by atoms with Crippen LogP contribution in [-0.2, 0) is 0 Å². The number of unbranched alkanes of at least 4 members (excludes halogenated alkanes) is 1. The third-order valence-corrected chi connectivity index (χ3v) is 6.92. The molecule has 1 aromatic carbocycles. The summed E-state index contributed by atoms with van der Waals surface area (Å²) < 4.78 is 0. The van der Waals surface area contributed by atoms with Gasteiger partial charge in [-0.25, -0.2) is 0 Å². The SMILES string of the molecule is CCCCN(CCC1=C(C2CC2)CCC(C)=C1)c1ccc(C(O)=C2CCC2)cc1. The third-order valence-electron chi connectivity index (χ3n) is 6.92. The summed E-state index contributed by atoms with van der Waals surface area (Å²) in [6, 6.07) is 8.63. The quantitative estimate of drug-likeness (QED) is 0.438. The van der Waals surface area contributed by atoms with Gasteiger partial charge in [0.15, 0.2) is 0 Å². The molecular weight excluding hydrogens is 354 g/mol. The highest BCUT2D eigenvalue weighted by Crippen LogP contribution is 2.43. The molecule has 4 rings (SSSR count). The van der Waals surface area contributed by atoms with E-state index in [9.17, 15) is 5.11 Å². The van der Waals surface area contributed by atoms with Gasteiger partial charge in [-0.3, -0.25) is 0 Å². The molecule has 0 atom stereocenters. The van der Waals surface area contributed by atoms with Gasteiger partial charge < -0.3 is 10.0 Å². The van der Waals surface area contributed by atoms with Crippen molar-refractivity contribution >= 4 is 11.4 Å². The van der Waals surface area contributed by atoms with E-state index < -0.39 is 0 Å². The number of nitrogens with zero attached hydrogens (tertiary/aromatic N) is 1. The summed E-state index contributed by atoms with van der Waals surface area (Å²) in [5, 5.41) is 10.5. The number of hydrogen-bond acceptors (Lipinski definition) is 2. The van der Waals surface area contributed by atoms with Gasteiger partial charge in [-0.1, -0.05) is 30.6 Å². The van der Waals surface area contributed by atoms with Crippen LogP contribution >= 0.6 is 0 Å². The topological polar surface area (TPSA) is 23.5 Å². The molecule has 0 bridgehead atoms. The summed E-state index contributed by atoms with van der Waals surface area (Å²) in [7, 11) is 0. The second-order valence-corrected chi connectivity index (χ2v) is 9.26. The van der Waals surface area contributed by atoms with Crippen molar-refractivity contribution < 1.29 is 5.11 Å². The molecule has 0 spiro atoms. The Bertz CT molecular complexity index is 801. The van der Waals surface area contributed by atoms with Crippen LogP contribution in [0.1, 0.15) is 83.6 Å². The Labute approximate surface area is 177 Å². The molecule has 1 N–H and O–H groups in total. The molecule has 2 fully saturated rings. The van der Waals surface area contributed by atoms with Gasteiger partial charge in [0.05, 0.1) is 0 Å². The van der Waals surface area contributed by atoms with Gasteiger partial charge in [0.2, 0.25) is 0 Å². The molecule has 3 aliphatic carbocycles. The molecule has 0 aliphatic heterocycles. The second kappa shape index (κ2) is 9.24. The standard InChI is InChI=1S/C27H37NO/c1-3-4-17-28(18-16-24-19-20(2)8-15-26(24)21-9-10-21)25-13-11-23(12-14-25)27(29)22-6-5-7-22/h11-14,19,21,29H,3-10,15-18H2,1-2H3. The molecular formula is C27H37NO. The van der Waals surface area contributed by atoms with E-state index >= 15 is 0 Å². The molecule has 0 amide bonds. The minimum Gasteiger partial charge on any atom is -0.507 e. The predicted molar refractivity (Wildman–Crippen MR) is 124 cm³/mol. The highest BCUT2D eigenvalue weighted by atomic mass is 16.3. The van der Waals surface area contributed by atoms with Crippen molar-refractivity contribution in [2.45, 2.75) is 78.1 Å². The molecule has 2 nitrogen and oxygen atoms in total. The fourth-order valence-corrected chi connectivity index (χ4v) is 4.68. The van der Waals surface area contributed by atoms with Crippen LogP contribution in [0.15, 0.2) is 52.6 Å². The second-order valence-electron chi connectivity index (χ2n) is 9.26. The lowest BCUT2D eigenvalue weighted by atomic mass is 9.88. The number of allylic oxidation sites excluding steroid dienone is 4. The van der Waals surface area contributed by atoms with Crippen LogP contribution in [0.4, 0.5) is 5.69 Å². The van der Waals surface area contributed by atoms with E-state index in [1.165, 1.54) is 56.2 Å². The van der Waals surface area contributed by atoms with Crippen LogP contribution in [0.25, 0.3) is 5.76 Å². The molecule has 0 radical (unpaired) electrons. The number of hydrogen-bond donors (Lipinski definition) is 1. The Kier molecular flexibility index (Phi) is 6.47. The number of rotatable bonds is 9. The van der Waals surface area contributed by atoms with Crippen molar-refractivity contribution in [1.82, 2.24) is 0 Å². The highest BCUT2D eigenvalue weighted by molar-refractivity contribution is 5.65. The molecule has 0 aromatic heterocycles. The van der Waals surface area contributed by atoms with Gasteiger partial charge in [-0.05, 0) is 106 Å². The number of aliphatic hydroxyl groups excluding tert-OH is 1. The molecule has 0 saturated heterocycles. The van der Waals surface area contributed by atoms with E-state index in [-0.39, 0.29) is 0 Å². The lowest BCUT2D eigenvalue weighted by Gasteiger charge is -2.27. The summed E-state index contributed by atoms with van der Waals surface area (Å²) in [6.45, 7) is 6.75. The Balaban J connectivity index is 1.47. The maximum Gasteiger partial charge on any atom is 0.121 e. The summed E-state index contributed by atoms with van der Waals surface area (Å²) >= 11 is 0. The normalized spacial score (nSPS) is 19.1. The van der Waals surface area contributed by atoms with E-state index in [4.69, 9.17) is 0 Å². The molecule has 2 saturated carbocycles. The third kappa shape index (κ3) is 4.97. The van der Waals surface area contributed by atoms with Crippen molar-refractivity contribution in [3.63, 3.8) is 0 Å². The lowest BCUT2D eigenvalue weighted by Crippen LogP contribution is -2.26. The maximum atomic E-state index is 10.5. The van der Waals surface area contributed by atoms with Crippen LogP contribution in [0, 0.1) is 5.92 Å². The fraction of sp³-hybridized carbons (Fsp3) is 0.556. The van der Waals surface area contributed by atoms with Crippen LogP contribution in [0.5, 0.6) is 0 Å². The van der Waals surface area contributed by atoms with E-state index in [0.29, 0.717) is 5.76 Å². The summed E-state index contributed by atoms with van der Waals surface area (Å²) in [4.78, 5) is 2.55. The van der Waals surface area contributed by atoms with Gasteiger partial charge in [0.25, 0.3) is 0 Å². The summed E-state index contributed by atoms with van der Waals surface area (Å²) in [5.74, 6) is 1.41. The first-order chi connectivity index (χ1) is 14.2. The first-order valence-electron chi connectivity index (χ1n) is 11.8. The minimum absolute atomic E-state index is 0.518. The average molecular weight is 392 g/mol. The molecule has 3 aliphatic rings. The Morgan fingerprint density at radius 2 is 1.79 bits per heavy atom. The molecule has 29 heavy (non-hydrogen) atoms. The van der Waals surface area contributed by atoms with Crippen molar-refractivity contribution in [3.8, 4) is 0 Å². The fourth-order valence-electron chi connectivity index (χ4n) is 4.68. The summed E-state index contributed by atoms with van der Waals surface area (Å²) in [6.07, 6.45) is 14.8. The van der Waals surface area contributed by atoms with Crippen LogP contribution < -0.4 is 4.90 Å². The Morgan fingerprint density at radius 3 is 2.41 bits per heavy atom. The van der Waals surface area contributed by atoms with E-state index in [1.54, 1.807) is 16.7 Å². The first-order valence-corrected chi connectivity index (χ1v) is 11.8. The minimum atomic E-state index is 0.518. The van der Waals surface area contributed by atoms with Crippen LogP contribution in [0.2, 0.25) is 0 Å². The largest absolute Gasteiger partial charge is 0.507 e. The monoisotopic (exact) mass is 391 g/mol. The van der Waals surface area contributed by atoms with E-state index in [0.717, 1.165) is 43.8 Å². The molecule has 0 unspecified atom stereocenters. The number of benzene rings is 1. The van der Waals surface area contributed by atoms with Gasteiger partial charge >= 0.3 is 0 Å². The van der Waals surface area contributed by atoms with Crippen molar-refractivity contribution in [2.24, 2.45) is 5.92 Å². The molecule has 156 valence electrons. The molecule has 2 heteroatoms.